The van der Waals surface area contributed by atoms with Gasteiger partial charge in [0.1, 0.15) is 6.33 Å². The number of hydrogen-bond donors (Lipinski definition) is 3. The molecule has 3 rings (SSSR count). The van der Waals surface area contributed by atoms with Crippen LogP contribution in [0.15, 0.2) is 35.6 Å². The number of guanidine groups is 1. The number of aromatic nitrogens is 3. The van der Waals surface area contributed by atoms with Crippen molar-refractivity contribution < 1.29 is 4.74 Å². The number of aliphatic imine (C=N–C) groups is 1. The molecule has 0 saturated carbocycles. The monoisotopic (exact) mass is 470 g/mol. The van der Waals surface area contributed by atoms with E-state index in [1.807, 2.05) is 12.1 Å². The van der Waals surface area contributed by atoms with E-state index < -0.39 is 0 Å². The van der Waals surface area contributed by atoms with Gasteiger partial charge in [-0.2, -0.15) is 5.10 Å². The number of rotatable bonds is 6. The first kappa shape index (κ1) is 20.6. The van der Waals surface area contributed by atoms with Crippen molar-refractivity contribution in [1.82, 2.24) is 25.8 Å². The molecule has 0 aliphatic carbocycles. The Morgan fingerprint density at radius 3 is 2.96 bits per heavy atom. The fourth-order valence-corrected chi connectivity index (χ4v) is 2.92. The molecule has 1 atom stereocenters. The van der Waals surface area contributed by atoms with Crippen LogP contribution < -0.4 is 10.6 Å². The van der Waals surface area contributed by atoms with Crippen LogP contribution in [0.1, 0.15) is 32.3 Å². The Balaban J connectivity index is 0.00000243. The van der Waals surface area contributed by atoms with Gasteiger partial charge < -0.3 is 15.4 Å². The van der Waals surface area contributed by atoms with E-state index in [1.165, 1.54) is 6.33 Å². The first-order chi connectivity index (χ1) is 12.2. The molecule has 0 amide bonds. The third-order valence-electron chi connectivity index (χ3n) is 4.31. The van der Waals surface area contributed by atoms with E-state index in [1.54, 1.807) is 0 Å². The number of nitrogens with zero attached hydrogens (tertiary/aromatic N) is 3. The zero-order valence-electron chi connectivity index (χ0n) is 15.3. The minimum atomic E-state index is -0.0948. The molecular weight excluding hydrogens is 443 g/mol. The average Bonchev–Trinajstić information content (AvgIpc) is 3.30. The van der Waals surface area contributed by atoms with Gasteiger partial charge in [0, 0.05) is 25.3 Å². The number of halogens is 1. The predicted molar refractivity (Wildman–Crippen MR) is 114 cm³/mol. The molecule has 0 radical (unpaired) electrons. The first-order valence-electron chi connectivity index (χ1n) is 8.79. The molecule has 7 nitrogen and oxygen atoms in total. The molecule has 8 heteroatoms. The SMILES string of the molecule is CCNC(=NCc1cccc(-c2ncn[nH]2)c1)NCC1(C)CCCO1.I. The largest absolute Gasteiger partial charge is 0.373 e. The Labute approximate surface area is 171 Å². The van der Waals surface area contributed by atoms with Gasteiger partial charge in [-0.15, -0.1) is 24.0 Å². The third kappa shape index (κ3) is 5.66. The molecule has 1 aromatic carbocycles. The van der Waals surface area contributed by atoms with Gasteiger partial charge in [0.05, 0.1) is 12.1 Å². The van der Waals surface area contributed by atoms with Crippen LogP contribution in [0.5, 0.6) is 0 Å². The van der Waals surface area contributed by atoms with Crippen LogP contribution in [0.2, 0.25) is 0 Å². The molecule has 1 aromatic heterocycles. The second kappa shape index (κ2) is 9.86. The van der Waals surface area contributed by atoms with Crippen molar-refractivity contribution >= 4 is 29.9 Å². The lowest BCUT2D eigenvalue weighted by Crippen LogP contribution is -2.45. The van der Waals surface area contributed by atoms with Gasteiger partial charge in [-0.3, -0.25) is 5.10 Å². The van der Waals surface area contributed by atoms with E-state index in [9.17, 15) is 0 Å². The maximum Gasteiger partial charge on any atom is 0.191 e. The Kier molecular flexibility index (Phi) is 7.83. The smallest absolute Gasteiger partial charge is 0.191 e. The fraction of sp³-hybridized carbons (Fsp3) is 0.500. The second-order valence-electron chi connectivity index (χ2n) is 6.49. The van der Waals surface area contributed by atoms with Gasteiger partial charge in [0.15, 0.2) is 11.8 Å². The lowest BCUT2D eigenvalue weighted by atomic mass is 10.0. The van der Waals surface area contributed by atoms with Gasteiger partial charge >= 0.3 is 0 Å². The molecule has 1 unspecified atom stereocenters. The molecule has 1 aliphatic rings. The minimum absolute atomic E-state index is 0. The molecule has 2 aromatic rings. The van der Waals surface area contributed by atoms with Crippen molar-refractivity contribution in [2.75, 3.05) is 19.7 Å². The summed E-state index contributed by atoms with van der Waals surface area (Å²) < 4.78 is 5.83. The van der Waals surface area contributed by atoms with Crippen LogP contribution in [0.4, 0.5) is 0 Å². The fourth-order valence-electron chi connectivity index (χ4n) is 2.92. The number of H-pyrrole nitrogens is 1. The molecule has 2 heterocycles. The van der Waals surface area contributed by atoms with Crippen molar-refractivity contribution in [3.8, 4) is 11.4 Å². The Bertz CT molecular complexity index is 697. The Morgan fingerprint density at radius 1 is 1.38 bits per heavy atom. The van der Waals surface area contributed by atoms with E-state index in [4.69, 9.17) is 9.73 Å². The second-order valence-corrected chi connectivity index (χ2v) is 6.49. The average molecular weight is 470 g/mol. The summed E-state index contributed by atoms with van der Waals surface area (Å²) in [5.74, 6) is 1.58. The van der Waals surface area contributed by atoms with E-state index in [0.29, 0.717) is 6.54 Å². The van der Waals surface area contributed by atoms with Crippen LogP contribution in [0.25, 0.3) is 11.4 Å². The molecule has 0 bridgehead atoms. The number of aromatic amines is 1. The van der Waals surface area contributed by atoms with Gasteiger partial charge in [0.2, 0.25) is 0 Å². The molecule has 0 spiro atoms. The van der Waals surface area contributed by atoms with Crippen LogP contribution in [-0.4, -0.2) is 46.4 Å². The standard InChI is InChI=1S/C18H26N6O.HI/c1-3-19-17(21-12-18(2)8-5-9-25-18)20-11-14-6-4-7-15(10-14)16-22-13-23-24-16;/h4,6-7,10,13H,3,5,8-9,11-12H2,1-2H3,(H2,19,20,21)(H,22,23,24);1H. The maximum absolute atomic E-state index is 5.83. The highest BCUT2D eigenvalue weighted by Gasteiger charge is 2.29. The normalized spacial score (nSPS) is 19.8. The molecule has 3 N–H and O–H groups in total. The Morgan fingerprint density at radius 2 is 2.27 bits per heavy atom. The van der Waals surface area contributed by atoms with Crippen LogP contribution in [-0.2, 0) is 11.3 Å². The van der Waals surface area contributed by atoms with Crippen molar-refractivity contribution in [2.24, 2.45) is 4.99 Å². The topological polar surface area (TPSA) is 87.2 Å². The van der Waals surface area contributed by atoms with Gasteiger partial charge in [-0.25, -0.2) is 9.98 Å². The van der Waals surface area contributed by atoms with Crippen LogP contribution in [0, 0.1) is 0 Å². The van der Waals surface area contributed by atoms with E-state index >= 15 is 0 Å². The Hall–Kier alpha value is -1.68. The van der Waals surface area contributed by atoms with Gasteiger partial charge in [-0.1, -0.05) is 18.2 Å². The van der Waals surface area contributed by atoms with E-state index in [-0.39, 0.29) is 29.6 Å². The zero-order valence-corrected chi connectivity index (χ0v) is 17.6. The highest BCUT2D eigenvalue weighted by molar-refractivity contribution is 14.0. The predicted octanol–water partition coefficient (Wildman–Crippen LogP) is 2.71. The van der Waals surface area contributed by atoms with Crippen molar-refractivity contribution in [3.05, 3.63) is 36.2 Å². The summed E-state index contributed by atoms with van der Waals surface area (Å²) in [6.07, 6.45) is 3.72. The molecule has 26 heavy (non-hydrogen) atoms. The number of benzene rings is 1. The maximum atomic E-state index is 5.83. The molecule has 1 aliphatic heterocycles. The van der Waals surface area contributed by atoms with Gasteiger partial charge in [-0.05, 0) is 38.3 Å². The summed E-state index contributed by atoms with van der Waals surface area (Å²) >= 11 is 0. The number of ether oxygens (including phenoxy) is 1. The van der Waals surface area contributed by atoms with Crippen LogP contribution in [0.3, 0.4) is 0 Å². The van der Waals surface area contributed by atoms with E-state index in [2.05, 4.69) is 51.8 Å². The lowest BCUT2D eigenvalue weighted by molar-refractivity contribution is 0.0243. The van der Waals surface area contributed by atoms with Gasteiger partial charge in [0.25, 0.3) is 0 Å². The minimum Gasteiger partial charge on any atom is -0.373 e. The zero-order chi connectivity index (χ0) is 17.5. The first-order valence-corrected chi connectivity index (χ1v) is 8.79. The summed E-state index contributed by atoms with van der Waals surface area (Å²) in [7, 11) is 0. The van der Waals surface area contributed by atoms with Crippen molar-refractivity contribution in [2.45, 2.75) is 38.8 Å². The van der Waals surface area contributed by atoms with Crippen LogP contribution >= 0.6 is 24.0 Å². The molecular formula is C18H27IN6O. The van der Waals surface area contributed by atoms with E-state index in [0.717, 1.165) is 55.4 Å². The summed E-state index contributed by atoms with van der Waals surface area (Å²) in [5.41, 5.74) is 2.03. The highest BCUT2D eigenvalue weighted by Crippen LogP contribution is 2.23. The van der Waals surface area contributed by atoms with Crippen molar-refractivity contribution in [3.63, 3.8) is 0 Å². The highest BCUT2D eigenvalue weighted by atomic mass is 127. The molecule has 1 saturated heterocycles. The summed E-state index contributed by atoms with van der Waals surface area (Å²) in [6.45, 7) is 7.24. The summed E-state index contributed by atoms with van der Waals surface area (Å²) in [4.78, 5) is 8.88. The number of nitrogens with one attached hydrogen (secondary N) is 3. The lowest BCUT2D eigenvalue weighted by Gasteiger charge is -2.24. The molecule has 1 fully saturated rings. The third-order valence-corrected chi connectivity index (χ3v) is 4.31. The molecule has 142 valence electrons. The number of hydrogen-bond acceptors (Lipinski definition) is 4. The summed E-state index contributed by atoms with van der Waals surface area (Å²) in [5, 5.41) is 13.5. The van der Waals surface area contributed by atoms with Crippen molar-refractivity contribution in [1.29, 1.82) is 0 Å². The summed E-state index contributed by atoms with van der Waals surface area (Å²) in [6, 6.07) is 8.16. The quantitative estimate of drug-likeness (QED) is 0.344.